The first-order chi connectivity index (χ1) is 9.09. The van der Waals surface area contributed by atoms with Crippen LogP contribution in [0.4, 0.5) is 0 Å². The number of carboxylic acid groups (broad SMARTS) is 1. The largest absolute Gasteiger partial charge is 0.481 e. The fourth-order valence-electron chi connectivity index (χ4n) is 2.12. The molecule has 0 radical (unpaired) electrons. The SMILES string of the molecule is CC(=O)SCC[C@@H](CCCN1CCOCC1)C(=O)O. The molecule has 1 N–H and O–H groups in total. The van der Waals surface area contributed by atoms with Crippen LogP contribution in [0, 0.1) is 5.92 Å². The molecule has 1 heterocycles. The van der Waals surface area contributed by atoms with Crippen molar-refractivity contribution >= 4 is 22.8 Å². The number of thioether (sulfide) groups is 1. The molecule has 5 nitrogen and oxygen atoms in total. The molecule has 1 aliphatic heterocycles. The van der Waals surface area contributed by atoms with Gasteiger partial charge in [-0.25, -0.2) is 0 Å². The number of morpholine rings is 1. The first kappa shape index (κ1) is 16.5. The van der Waals surface area contributed by atoms with Crippen LogP contribution in [0.5, 0.6) is 0 Å². The molecule has 0 aromatic heterocycles. The molecular formula is C13H23NO4S. The monoisotopic (exact) mass is 289 g/mol. The number of rotatable bonds is 8. The van der Waals surface area contributed by atoms with E-state index in [0.29, 0.717) is 18.6 Å². The highest BCUT2D eigenvalue weighted by atomic mass is 32.2. The van der Waals surface area contributed by atoms with Gasteiger partial charge in [-0.1, -0.05) is 11.8 Å². The smallest absolute Gasteiger partial charge is 0.306 e. The molecule has 0 bridgehead atoms. The summed E-state index contributed by atoms with van der Waals surface area (Å²) in [7, 11) is 0. The van der Waals surface area contributed by atoms with Gasteiger partial charge in [0.1, 0.15) is 0 Å². The molecule has 0 amide bonds. The Balaban J connectivity index is 2.17. The Morgan fingerprint density at radius 1 is 1.32 bits per heavy atom. The summed E-state index contributed by atoms with van der Waals surface area (Å²) in [6.45, 7) is 5.89. The van der Waals surface area contributed by atoms with E-state index in [2.05, 4.69) is 4.90 Å². The van der Waals surface area contributed by atoms with Gasteiger partial charge in [0.15, 0.2) is 5.12 Å². The first-order valence-electron chi connectivity index (χ1n) is 6.76. The summed E-state index contributed by atoms with van der Waals surface area (Å²) in [6, 6.07) is 0. The summed E-state index contributed by atoms with van der Waals surface area (Å²) in [4.78, 5) is 24.3. The number of carboxylic acids is 1. The van der Waals surface area contributed by atoms with Gasteiger partial charge in [-0.15, -0.1) is 0 Å². The minimum Gasteiger partial charge on any atom is -0.481 e. The van der Waals surface area contributed by atoms with E-state index in [-0.39, 0.29) is 11.0 Å². The highest BCUT2D eigenvalue weighted by Crippen LogP contribution is 2.16. The summed E-state index contributed by atoms with van der Waals surface area (Å²) in [5, 5.41) is 9.20. The van der Waals surface area contributed by atoms with Gasteiger partial charge in [0.2, 0.25) is 0 Å². The molecular weight excluding hydrogens is 266 g/mol. The van der Waals surface area contributed by atoms with E-state index >= 15 is 0 Å². The molecule has 6 heteroatoms. The fraction of sp³-hybridized carbons (Fsp3) is 0.846. The molecule has 1 saturated heterocycles. The van der Waals surface area contributed by atoms with Gasteiger partial charge in [0, 0.05) is 25.8 Å². The van der Waals surface area contributed by atoms with Gasteiger partial charge in [-0.3, -0.25) is 14.5 Å². The van der Waals surface area contributed by atoms with E-state index in [4.69, 9.17) is 9.84 Å². The van der Waals surface area contributed by atoms with Crippen LogP contribution < -0.4 is 0 Å². The average Bonchev–Trinajstić information content (AvgIpc) is 2.37. The van der Waals surface area contributed by atoms with Crippen LogP contribution in [0.15, 0.2) is 0 Å². The number of aliphatic carboxylic acids is 1. The Hall–Kier alpha value is -0.590. The first-order valence-corrected chi connectivity index (χ1v) is 7.74. The average molecular weight is 289 g/mol. The number of hydrogen-bond acceptors (Lipinski definition) is 5. The Morgan fingerprint density at radius 2 is 2.00 bits per heavy atom. The van der Waals surface area contributed by atoms with Crippen molar-refractivity contribution in [1.29, 1.82) is 0 Å². The summed E-state index contributed by atoms with van der Waals surface area (Å²) in [5.74, 6) is -0.469. The van der Waals surface area contributed by atoms with Crippen molar-refractivity contribution in [2.24, 2.45) is 5.92 Å². The normalized spacial score (nSPS) is 18.2. The van der Waals surface area contributed by atoms with E-state index in [9.17, 15) is 9.59 Å². The molecule has 0 aliphatic carbocycles. The number of hydrogen-bond donors (Lipinski definition) is 1. The van der Waals surface area contributed by atoms with E-state index in [1.165, 1.54) is 18.7 Å². The summed E-state index contributed by atoms with van der Waals surface area (Å²) < 4.78 is 5.27. The molecule has 0 unspecified atom stereocenters. The highest BCUT2D eigenvalue weighted by molar-refractivity contribution is 8.13. The molecule has 0 saturated carbocycles. The molecule has 1 fully saturated rings. The molecule has 0 aromatic carbocycles. The predicted octanol–water partition coefficient (Wildman–Crippen LogP) is 1.47. The van der Waals surface area contributed by atoms with Crippen molar-refractivity contribution in [2.45, 2.75) is 26.2 Å². The number of nitrogens with zero attached hydrogens (tertiary/aromatic N) is 1. The van der Waals surface area contributed by atoms with Gasteiger partial charge < -0.3 is 9.84 Å². The van der Waals surface area contributed by atoms with Crippen LogP contribution in [0.2, 0.25) is 0 Å². The van der Waals surface area contributed by atoms with Crippen molar-refractivity contribution in [2.75, 3.05) is 38.6 Å². The Kier molecular flexibility index (Phi) is 8.09. The quantitative estimate of drug-likeness (QED) is 0.730. The molecule has 19 heavy (non-hydrogen) atoms. The van der Waals surface area contributed by atoms with Crippen molar-refractivity contribution in [3.8, 4) is 0 Å². The second-order valence-corrected chi connectivity index (χ2v) is 6.03. The van der Waals surface area contributed by atoms with Crippen molar-refractivity contribution in [1.82, 2.24) is 4.90 Å². The van der Waals surface area contributed by atoms with Crippen LogP contribution in [0.3, 0.4) is 0 Å². The lowest BCUT2D eigenvalue weighted by Gasteiger charge is -2.26. The fourth-order valence-corrected chi connectivity index (χ4v) is 2.81. The lowest BCUT2D eigenvalue weighted by molar-refractivity contribution is -0.142. The molecule has 1 rings (SSSR count). The van der Waals surface area contributed by atoms with E-state index in [1.807, 2.05) is 0 Å². The molecule has 110 valence electrons. The number of carbonyl (C=O) groups is 2. The zero-order chi connectivity index (χ0) is 14.1. The highest BCUT2D eigenvalue weighted by Gasteiger charge is 2.18. The third-order valence-electron chi connectivity index (χ3n) is 3.25. The van der Waals surface area contributed by atoms with E-state index < -0.39 is 5.97 Å². The van der Waals surface area contributed by atoms with E-state index in [1.54, 1.807) is 0 Å². The van der Waals surface area contributed by atoms with Crippen molar-refractivity contribution in [3.63, 3.8) is 0 Å². The lowest BCUT2D eigenvalue weighted by atomic mass is 10.0. The van der Waals surface area contributed by atoms with Gasteiger partial charge in [-0.05, 0) is 25.8 Å². The summed E-state index contributed by atoms with van der Waals surface area (Å²) >= 11 is 1.21. The summed E-state index contributed by atoms with van der Waals surface area (Å²) in [6.07, 6.45) is 2.15. The van der Waals surface area contributed by atoms with Crippen LogP contribution in [-0.2, 0) is 14.3 Å². The predicted molar refractivity (Wildman–Crippen MR) is 75.4 cm³/mol. The number of carbonyl (C=O) groups excluding carboxylic acids is 1. The van der Waals surface area contributed by atoms with Gasteiger partial charge in [0.25, 0.3) is 0 Å². The Labute approximate surface area is 118 Å². The van der Waals surface area contributed by atoms with Crippen LogP contribution in [0.1, 0.15) is 26.2 Å². The van der Waals surface area contributed by atoms with Crippen LogP contribution in [0.25, 0.3) is 0 Å². The third kappa shape index (κ3) is 7.54. The topological polar surface area (TPSA) is 66.8 Å². The Morgan fingerprint density at radius 3 is 2.58 bits per heavy atom. The maximum absolute atomic E-state index is 11.1. The summed E-state index contributed by atoms with van der Waals surface area (Å²) in [5.41, 5.74) is 0. The van der Waals surface area contributed by atoms with Crippen LogP contribution in [-0.4, -0.2) is 59.7 Å². The lowest BCUT2D eigenvalue weighted by Crippen LogP contribution is -2.37. The number of ether oxygens (including phenoxy) is 1. The van der Waals surface area contributed by atoms with E-state index in [0.717, 1.165) is 39.3 Å². The Bertz CT molecular complexity index is 292. The minimum absolute atomic E-state index is 0.0532. The second-order valence-electron chi connectivity index (χ2n) is 4.76. The standard InChI is InChI=1S/C13H23NO4S/c1-11(15)19-10-4-12(13(16)17)3-2-5-14-6-8-18-9-7-14/h12H,2-10H2,1H3,(H,16,17)/t12-/m1/s1. The van der Waals surface area contributed by atoms with Gasteiger partial charge in [-0.2, -0.15) is 0 Å². The third-order valence-corrected chi connectivity index (χ3v) is 4.10. The maximum Gasteiger partial charge on any atom is 0.306 e. The molecule has 0 spiro atoms. The van der Waals surface area contributed by atoms with Crippen LogP contribution >= 0.6 is 11.8 Å². The van der Waals surface area contributed by atoms with Gasteiger partial charge >= 0.3 is 5.97 Å². The maximum atomic E-state index is 11.1. The second kappa shape index (κ2) is 9.34. The molecule has 1 atom stereocenters. The van der Waals surface area contributed by atoms with Crippen molar-refractivity contribution < 1.29 is 19.4 Å². The van der Waals surface area contributed by atoms with Gasteiger partial charge in [0.05, 0.1) is 19.1 Å². The minimum atomic E-state index is -0.744. The zero-order valence-electron chi connectivity index (χ0n) is 11.5. The molecule has 1 aliphatic rings. The van der Waals surface area contributed by atoms with Crippen molar-refractivity contribution in [3.05, 3.63) is 0 Å². The molecule has 0 aromatic rings. The zero-order valence-corrected chi connectivity index (χ0v) is 12.3.